The Morgan fingerprint density at radius 1 is 1.50 bits per heavy atom. The number of hydrogen-bond acceptors (Lipinski definition) is 4. The summed E-state index contributed by atoms with van der Waals surface area (Å²) in [5.41, 5.74) is 9.15. The Morgan fingerprint density at radius 3 is 2.69 bits per heavy atom. The van der Waals surface area contributed by atoms with Gasteiger partial charge in [-0.1, -0.05) is 20.3 Å². The summed E-state index contributed by atoms with van der Waals surface area (Å²) in [4.78, 5) is 6.70. The predicted octanol–water partition coefficient (Wildman–Crippen LogP) is 2.48. The molecule has 0 bridgehead atoms. The Kier molecular flexibility index (Phi) is 5.38. The molecule has 0 saturated heterocycles. The minimum Gasteiger partial charge on any atom is -0.329 e. The van der Waals surface area contributed by atoms with Gasteiger partial charge in [0.2, 0.25) is 0 Å². The van der Waals surface area contributed by atoms with E-state index in [0.717, 1.165) is 31.6 Å². The fraction of sp³-hybridized carbons (Fsp3) is 0.750. The Bertz CT molecular complexity index is 280. The van der Waals surface area contributed by atoms with Gasteiger partial charge in [0, 0.05) is 24.0 Å². The molecule has 0 aliphatic rings. The molecule has 1 aromatic rings. The summed E-state index contributed by atoms with van der Waals surface area (Å²) < 4.78 is 0. The van der Waals surface area contributed by atoms with Gasteiger partial charge >= 0.3 is 0 Å². The van der Waals surface area contributed by atoms with Gasteiger partial charge in [-0.3, -0.25) is 4.90 Å². The van der Waals surface area contributed by atoms with Gasteiger partial charge in [-0.25, -0.2) is 4.98 Å². The van der Waals surface area contributed by atoms with Gasteiger partial charge in [-0.05, 0) is 19.9 Å². The van der Waals surface area contributed by atoms with Crippen molar-refractivity contribution in [2.75, 3.05) is 13.6 Å². The Labute approximate surface area is 103 Å². The molecule has 1 aromatic heterocycles. The van der Waals surface area contributed by atoms with Gasteiger partial charge in [-0.15, -0.1) is 11.3 Å². The fourth-order valence-electron chi connectivity index (χ4n) is 2.23. The summed E-state index contributed by atoms with van der Waals surface area (Å²) in [6, 6.07) is 0. The number of hydrogen-bond donors (Lipinski definition) is 1. The lowest BCUT2D eigenvalue weighted by Gasteiger charge is -2.40. The van der Waals surface area contributed by atoms with Crippen LogP contribution in [0.2, 0.25) is 0 Å². The van der Waals surface area contributed by atoms with E-state index in [1.807, 2.05) is 5.51 Å². The highest BCUT2D eigenvalue weighted by atomic mass is 32.1. The maximum absolute atomic E-state index is 5.97. The first-order valence-corrected chi connectivity index (χ1v) is 6.91. The lowest BCUT2D eigenvalue weighted by Crippen LogP contribution is -2.51. The third-order valence-corrected chi connectivity index (χ3v) is 4.08. The molecule has 0 saturated carbocycles. The van der Waals surface area contributed by atoms with Crippen LogP contribution in [0, 0.1) is 0 Å². The zero-order chi connectivity index (χ0) is 12.0. The molecule has 0 aliphatic carbocycles. The number of nitrogens with two attached hydrogens (primary N) is 1. The number of rotatable bonds is 7. The van der Waals surface area contributed by atoms with Crippen molar-refractivity contribution >= 4 is 11.3 Å². The van der Waals surface area contributed by atoms with Gasteiger partial charge in [0.25, 0.3) is 0 Å². The topological polar surface area (TPSA) is 42.1 Å². The molecule has 0 spiro atoms. The third-order valence-electron chi connectivity index (χ3n) is 3.45. The first kappa shape index (κ1) is 13.6. The lowest BCUT2D eigenvalue weighted by molar-refractivity contribution is 0.100. The average Bonchev–Trinajstić information content (AvgIpc) is 2.78. The van der Waals surface area contributed by atoms with E-state index in [1.165, 1.54) is 6.42 Å². The number of thiazole rings is 1. The van der Waals surface area contributed by atoms with Crippen LogP contribution in [-0.2, 0) is 6.54 Å². The summed E-state index contributed by atoms with van der Waals surface area (Å²) in [7, 11) is 2.16. The van der Waals surface area contributed by atoms with E-state index in [0.29, 0.717) is 0 Å². The molecule has 4 heteroatoms. The Morgan fingerprint density at radius 2 is 2.25 bits per heavy atom. The van der Waals surface area contributed by atoms with E-state index >= 15 is 0 Å². The molecule has 0 amide bonds. The SMILES string of the molecule is CCCC(CC)(CN)N(C)Cc1cscn1. The summed E-state index contributed by atoms with van der Waals surface area (Å²) in [6.45, 7) is 6.06. The van der Waals surface area contributed by atoms with E-state index in [9.17, 15) is 0 Å². The fourth-order valence-corrected chi connectivity index (χ4v) is 2.78. The molecule has 1 rings (SSSR count). The van der Waals surface area contributed by atoms with Gasteiger partial charge < -0.3 is 5.73 Å². The monoisotopic (exact) mass is 241 g/mol. The maximum Gasteiger partial charge on any atom is 0.0795 e. The molecule has 1 unspecified atom stereocenters. The van der Waals surface area contributed by atoms with Crippen molar-refractivity contribution in [2.24, 2.45) is 5.73 Å². The molecule has 16 heavy (non-hydrogen) atoms. The molecule has 1 atom stereocenters. The van der Waals surface area contributed by atoms with Crippen LogP contribution < -0.4 is 5.73 Å². The van der Waals surface area contributed by atoms with Crippen LogP contribution >= 0.6 is 11.3 Å². The molecule has 3 nitrogen and oxygen atoms in total. The van der Waals surface area contributed by atoms with Crippen molar-refractivity contribution in [3.8, 4) is 0 Å². The van der Waals surface area contributed by atoms with Gasteiger partial charge in [-0.2, -0.15) is 0 Å². The normalized spacial score (nSPS) is 15.3. The molecule has 0 aromatic carbocycles. The van der Waals surface area contributed by atoms with E-state index < -0.39 is 0 Å². The number of nitrogens with zero attached hydrogens (tertiary/aromatic N) is 2. The van der Waals surface area contributed by atoms with Gasteiger partial charge in [0.05, 0.1) is 11.2 Å². The predicted molar refractivity (Wildman–Crippen MR) is 70.6 cm³/mol. The molecule has 92 valence electrons. The van der Waals surface area contributed by atoms with E-state index in [4.69, 9.17) is 5.73 Å². The standard InChI is InChI=1S/C12H23N3S/c1-4-6-12(5-2,9-13)15(3)7-11-8-16-10-14-11/h8,10H,4-7,9,13H2,1-3H3. The molecule has 0 radical (unpaired) electrons. The van der Waals surface area contributed by atoms with Gasteiger partial charge in [0.15, 0.2) is 0 Å². The van der Waals surface area contributed by atoms with Gasteiger partial charge in [0.1, 0.15) is 0 Å². The summed E-state index contributed by atoms with van der Waals surface area (Å²) in [5.74, 6) is 0. The van der Waals surface area contributed by atoms with Crippen LogP contribution in [0.25, 0.3) is 0 Å². The third kappa shape index (κ3) is 3.03. The van der Waals surface area contributed by atoms with E-state index in [1.54, 1.807) is 11.3 Å². The zero-order valence-corrected chi connectivity index (χ0v) is 11.4. The van der Waals surface area contributed by atoms with Crippen LogP contribution in [0.3, 0.4) is 0 Å². The second kappa shape index (κ2) is 6.33. The number of aromatic nitrogens is 1. The van der Waals surface area contributed by atoms with Crippen LogP contribution in [-0.4, -0.2) is 29.0 Å². The van der Waals surface area contributed by atoms with Crippen molar-refractivity contribution in [1.82, 2.24) is 9.88 Å². The van der Waals surface area contributed by atoms with E-state index in [2.05, 4.69) is 36.2 Å². The smallest absolute Gasteiger partial charge is 0.0795 e. The van der Waals surface area contributed by atoms with Crippen LogP contribution in [0.1, 0.15) is 38.8 Å². The lowest BCUT2D eigenvalue weighted by atomic mass is 9.89. The second-order valence-corrected chi connectivity index (χ2v) is 5.09. The second-order valence-electron chi connectivity index (χ2n) is 4.37. The van der Waals surface area contributed by atoms with Crippen molar-refractivity contribution in [1.29, 1.82) is 0 Å². The first-order chi connectivity index (χ1) is 7.68. The molecule has 0 aliphatic heterocycles. The van der Waals surface area contributed by atoms with Crippen molar-refractivity contribution in [3.63, 3.8) is 0 Å². The van der Waals surface area contributed by atoms with Crippen LogP contribution in [0.5, 0.6) is 0 Å². The Balaban J connectivity index is 2.70. The average molecular weight is 241 g/mol. The summed E-state index contributed by atoms with van der Waals surface area (Å²) in [5, 5.41) is 2.11. The molecular weight excluding hydrogens is 218 g/mol. The molecule has 2 N–H and O–H groups in total. The molecule has 1 heterocycles. The zero-order valence-electron chi connectivity index (χ0n) is 10.6. The Hall–Kier alpha value is -0.450. The minimum atomic E-state index is 0.137. The highest BCUT2D eigenvalue weighted by Crippen LogP contribution is 2.25. The maximum atomic E-state index is 5.97. The van der Waals surface area contributed by atoms with E-state index in [-0.39, 0.29) is 5.54 Å². The molecular formula is C12H23N3S. The van der Waals surface area contributed by atoms with Crippen molar-refractivity contribution in [2.45, 2.75) is 45.2 Å². The first-order valence-electron chi connectivity index (χ1n) is 5.97. The van der Waals surface area contributed by atoms with Crippen LogP contribution in [0.4, 0.5) is 0 Å². The van der Waals surface area contributed by atoms with Crippen molar-refractivity contribution < 1.29 is 0 Å². The summed E-state index contributed by atoms with van der Waals surface area (Å²) >= 11 is 1.65. The molecule has 0 fully saturated rings. The highest BCUT2D eigenvalue weighted by Gasteiger charge is 2.30. The van der Waals surface area contributed by atoms with Crippen LogP contribution in [0.15, 0.2) is 10.9 Å². The van der Waals surface area contributed by atoms with Crippen molar-refractivity contribution in [3.05, 3.63) is 16.6 Å². The summed E-state index contributed by atoms with van der Waals surface area (Å²) in [6.07, 6.45) is 3.42. The quantitative estimate of drug-likeness (QED) is 0.797. The minimum absolute atomic E-state index is 0.137. The number of likely N-dealkylation sites (N-methyl/N-ethyl adjacent to an activating group) is 1. The highest BCUT2D eigenvalue weighted by molar-refractivity contribution is 7.07. The largest absolute Gasteiger partial charge is 0.329 e.